The highest BCUT2D eigenvalue weighted by molar-refractivity contribution is 9.10. The predicted molar refractivity (Wildman–Crippen MR) is 88.6 cm³/mol. The number of hydrogen-bond donors (Lipinski definition) is 0. The lowest BCUT2D eigenvalue weighted by Crippen LogP contribution is -2.47. The van der Waals surface area contributed by atoms with Gasteiger partial charge in [0.25, 0.3) is 0 Å². The van der Waals surface area contributed by atoms with Crippen LogP contribution < -0.4 is 4.90 Å². The molecule has 3 heterocycles. The lowest BCUT2D eigenvalue weighted by atomic mass is 10.2. The van der Waals surface area contributed by atoms with Crippen molar-refractivity contribution in [3.63, 3.8) is 0 Å². The summed E-state index contributed by atoms with van der Waals surface area (Å²) in [5, 5.41) is 2.12. The quantitative estimate of drug-likeness (QED) is 0.822. The Balaban J connectivity index is 1.52. The van der Waals surface area contributed by atoms with Crippen molar-refractivity contribution in [2.45, 2.75) is 6.42 Å². The van der Waals surface area contributed by atoms with Crippen LogP contribution in [-0.4, -0.2) is 42.6 Å². The molecule has 1 saturated heterocycles. The molecule has 1 aliphatic rings. The van der Waals surface area contributed by atoms with E-state index in [0.29, 0.717) is 10.3 Å². The van der Waals surface area contributed by atoms with E-state index in [0.717, 1.165) is 39.1 Å². The zero-order valence-corrected chi connectivity index (χ0v) is 14.0. The van der Waals surface area contributed by atoms with Crippen LogP contribution in [0.15, 0.2) is 34.2 Å². The van der Waals surface area contributed by atoms with Crippen LogP contribution in [0.4, 0.5) is 10.2 Å². The van der Waals surface area contributed by atoms with Gasteiger partial charge in [0.15, 0.2) is 11.6 Å². The number of pyridine rings is 1. The van der Waals surface area contributed by atoms with Crippen molar-refractivity contribution in [1.82, 2.24) is 9.88 Å². The monoisotopic (exact) mass is 369 g/mol. The van der Waals surface area contributed by atoms with Gasteiger partial charge in [-0.1, -0.05) is 6.07 Å². The predicted octanol–water partition coefficient (Wildman–Crippen LogP) is 3.41. The first kappa shape index (κ1) is 14.9. The summed E-state index contributed by atoms with van der Waals surface area (Å²) in [6.07, 6.45) is 2.75. The second kappa shape index (κ2) is 6.85. The first-order valence-electron chi connectivity index (χ1n) is 7.03. The van der Waals surface area contributed by atoms with Crippen molar-refractivity contribution in [1.29, 1.82) is 0 Å². The highest BCUT2D eigenvalue weighted by Gasteiger charge is 2.20. The molecule has 112 valence electrons. The lowest BCUT2D eigenvalue weighted by molar-refractivity contribution is 0.260. The molecular formula is C15H17BrFN3S. The molecule has 21 heavy (non-hydrogen) atoms. The molecule has 0 radical (unpaired) electrons. The highest BCUT2D eigenvalue weighted by Crippen LogP contribution is 2.21. The molecular weight excluding hydrogens is 353 g/mol. The Hall–Kier alpha value is -0.980. The molecule has 3 rings (SSSR count). The number of hydrogen-bond acceptors (Lipinski definition) is 4. The average molecular weight is 370 g/mol. The Bertz CT molecular complexity index is 583. The molecule has 3 nitrogen and oxygen atoms in total. The maximum atomic E-state index is 13.9. The minimum atomic E-state index is -0.253. The number of anilines is 1. The van der Waals surface area contributed by atoms with E-state index in [9.17, 15) is 4.39 Å². The highest BCUT2D eigenvalue weighted by atomic mass is 79.9. The summed E-state index contributed by atoms with van der Waals surface area (Å²) in [5.41, 5.74) is 0. The van der Waals surface area contributed by atoms with Gasteiger partial charge in [-0.05, 0) is 39.9 Å². The Kier molecular flexibility index (Phi) is 4.87. The summed E-state index contributed by atoms with van der Waals surface area (Å²) in [4.78, 5) is 10.1. The SMILES string of the molecule is Fc1cc(Br)cnc1N1CCN(CCc2cccs2)CC1. The molecule has 2 aromatic rings. The van der Waals surface area contributed by atoms with E-state index in [2.05, 4.69) is 43.3 Å². The molecule has 6 heteroatoms. The average Bonchev–Trinajstić information content (AvgIpc) is 2.99. The lowest BCUT2D eigenvalue weighted by Gasteiger charge is -2.35. The van der Waals surface area contributed by atoms with Crippen molar-refractivity contribution >= 4 is 33.1 Å². The minimum absolute atomic E-state index is 0.253. The van der Waals surface area contributed by atoms with E-state index < -0.39 is 0 Å². The third kappa shape index (κ3) is 3.81. The van der Waals surface area contributed by atoms with Crippen LogP contribution in [0.5, 0.6) is 0 Å². The number of thiophene rings is 1. The van der Waals surface area contributed by atoms with Gasteiger partial charge in [0.1, 0.15) is 0 Å². The third-order valence-corrected chi connectivity index (χ3v) is 5.08. The van der Waals surface area contributed by atoms with Gasteiger partial charge in [-0.3, -0.25) is 4.90 Å². The standard InChI is InChI=1S/C15H17BrFN3S/c16-12-10-14(17)15(18-11-12)20-7-5-19(6-8-20)4-3-13-2-1-9-21-13/h1-2,9-11H,3-8H2. The minimum Gasteiger partial charge on any atom is -0.352 e. The molecule has 0 bridgehead atoms. The largest absolute Gasteiger partial charge is 0.352 e. The Morgan fingerprint density at radius 1 is 1.29 bits per heavy atom. The van der Waals surface area contributed by atoms with Gasteiger partial charge in [0.2, 0.25) is 0 Å². The number of rotatable bonds is 4. The molecule has 1 fully saturated rings. The number of nitrogens with zero attached hydrogens (tertiary/aromatic N) is 3. The smallest absolute Gasteiger partial charge is 0.166 e. The molecule has 0 unspecified atom stereocenters. The molecule has 0 spiro atoms. The maximum absolute atomic E-state index is 13.9. The van der Waals surface area contributed by atoms with Crippen LogP contribution in [0.25, 0.3) is 0 Å². The van der Waals surface area contributed by atoms with Crippen molar-refractivity contribution in [3.8, 4) is 0 Å². The molecule has 0 saturated carbocycles. The van der Waals surface area contributed by atoms with Crippen LogP contribution >= 0.6 is 27.3 Å². The van der Waals surface area contributed by atoms with Gasteiger partial charge in [-0.2, -0.15) is 0 Å². The molecule has 0 amide bonds. The second-order valence-corrected chi connectivity index (χ2v) is 7.06. The number of aromatic nitrogens is 1. The second-order valence-electron chi connectivity index (χ2n) is 5.12. The Morgan fingerprint density at radius 2 is 2.10 bits per heavy atom. The summed E-state index contributed by atoms with van der Waals surface area (Å²) >= 11 is 5.05. The van der Waals surface area contributed by atoms with Crippen LogP contribution in [0, 0.1) is 5.82 Å². The third-order valence-electron chi connectivity index (χ3n) is 3.71. The van der Waals surface area contributed by atoms with Crippen molar-refractivity contribution in [3.05, 3.63) is 44.9 Å². The fourth-order valence-electron chi connectivity index (χ4n) is 2.55. The van der Waals surface area contributed by atoms with Crippen molar-refractivity contribution in [2.24, 2.45) is 0 Å². The summed E-state index contributed by atoms with van der Waals surface area (Å²) in [7, 11) is 0. The van der Waals surface area contributed by atoms with Crippen molar-refractivity contribution < 1.29 is 4.39 Å². The Morgan fingerprint density at radius 3 is 2.76 bits per heavy atom. The van der Waals surface area contributed by atoms with E-state index in [1.54, 1.807) is 6.20 Å². The topological polar surface area (TPSA) is 19.4 Å². The summed E-state index contributed by atoms with van der Waals surface area (Å²) in [6.45, 7) is 4.65. The fraction of sp³-hybridized carbons (Fsp3) is 0.400. The molecule has 0 aromatic carbocycles. The molecule has 0 atom stereocenters. The van der Waals surface area contributed by atoms with Gasteiger partial charge >= 0.3 is 0 Å². The van der Waals surface area contributed by atoms with E-state index in [4.69, 9.17) is 0 Å². The summed E-state index contributed by atoms with van der Waals surface area (Å²) in [5.74, 6) is 0.215. The molecule has 0 N–H and O–H groups in total. The van der Waals surface area contributed by atoms with Crippen LogP contribution in [0.3, 0.4) is 0 Å². The van der Waals surface area contributed by atoms with Gasteiger partial charge < -0.3 is 4.90 Å². The summed E-state index contributed by atoms with van der Waals surface area (Å²) in [6, 6.07) is 5.76. The van der Waals surface area contributed by atoms with Crippen LogP contribution in [0.1, 0.15) is 4.88 Å². The molecule has 1 aliphatic heterocycles. The fourth-order valence-corrected chi connectivity index (χ4v) is 3.55. The van der Waals surface area contributed by atoms with Gasteiger partial charge in [0.05, 0.1) is 0 Å². The van der Waals surface area contributed by atoms with Crippen LogP contribution in [0.2, 0.25) is 0 Å². The Labute approximate surface area is 136 Å². The van der Waals surface area contributed by atoms with Crippen LogP contribution in [-0.2, 0) is 6.42 Å². The molecule has 2 aromatic heterocycles. The maximum Gasteiger partial charge on any atom is 0.166 e. The number of halogens is 2. The molecule has 0 aliphatic carbocycles. The van der Waals surface area contributed by atoms with E-state index in [1.807, 2.05) is 16.2 Å². The van der Waals surface area contributed by atoms with Gasteiger partial charge in [0, 0.05) is 48.3 Å². The summed E-state index contributed by atoms with van der Waals surface area (Å²) < 4.78 is 14.6. The zero-order valence-electron chi connectivity index (χ0n) is 11.6. The van der Waals surface area contributed by atoms with E-state index >= 15 is 0 Å². The number of piperazine rings is 1. The van der Waals surface area contributed by atoms with E-state index in [-0.39, 0.29) is 5.82 Å². The van der Waals surface area contributed by atoms with E-state index in [1.165, 1.54) is 10.9 Å². The van der Waals surface area contributed by atoms with Gasteiger partial charge in [-0.25, -0.2) is 9.37 Å². The normalized spacial score (nSPS) is 16.4. The first-order chi connectivity index (χ1) is 10.2. The first-order valence-corrected chi connectivity index (χ1v) is 8.70. The van der Waals surface area contributed by atoms with Gasteiger partial charge in [-0.15, -0.1) is 11.3 Å². The van der Waals surface area contributed by atoms with Crippen molar-refractivity contribution in [2.75, 3.05) is 37.6 Å². The zero-order chi connectivity index (χ0) is 14.7.